The van der Waals surface area contributed by atoms with Crippen molar-refractivity contribution in [3.05, 3.63) is 35.9 Å². The molecule has 2 unspecified atom stereocenters. The van der Waals surface area contributed by atoms with Gasteiger partial charge in [-0.15, -0.1) is 0 Å². The highest BCUT2D eigenvalue weighted by Crippen LogP contribution is 2.08. The molecule has 4 N–H and O–H groups in total. The zero-order chi connectivity index (χ0) is 27.1. The summed E-state index contributed by atoms with van der Waals surface area (Å²) in [6.07, 6.45) is 0.481. The summed E-state index contributed by atoms with van der Waals surface area (Å²) in [5.74, 6) is -2.69. The molecule has 11 heteroatoms. The van der Waals surface area contributed by atoms with Crippen molar-refractivity contribution >= 4 is 35.2 Å². The van der Waals surface area contributed by atoms with Crippen LogP contribution in [-0.2, 0) is 39.9 Å². The van der Waals surface area contributed by atoms with E-state index in [9.17, 15) is 28.8 Å². The number of benzene rings is 1. The fraction of sp³-hybridized carbons (Fsp3) is 0.520. The van der Waals surface area contributed by atoms with E-state index in [0.717, 1.165) is 5.56 Å². The van der Waals surface area contributed by atoms with Gasteiger partial charge in [0.15, 0.2) is 5.78 Å². The second kappa shape index (κ2) is 16.1. The van der Waals surface area contributed by atoms with Gasteiger partial charge in [0.25, 0.3) is 0 Å². The summed E-state index contributed by atoms with van der Waals surface area (Å²) in [4.78, 5) is 72.1. The van der Waals surface area contributed by atoms with Gasteiger partial charge in [-0.2, -0.15) is 0 Å². The number of amides is 4. The Morgan fingerprint density at radius 1 is 0.750 bits per heavy atom. The Morgan fingerprint density at radius 3 is 2.00 bits per heavy atom. The van der Waals surface area contributed by atoms with Crippen LogP contribution in [-0.4, -0.2) is 73.6 Å². The number of ketones is 2. The lowest BCUT2D eigenvalue weighted by atomic mass is 10.0. The summed E-state index contributed by atoms with van der Waals surface area (Å²) >= 11 is 0. The molecule has 4 amide bonds. The first-order valence-corrected chi connectivity index (χ1v) is 11.7. The summed E-state index contributed by atoms with van der Waals surface area (Å²) in [7, 11) is 0. The minimum absolute atomic E-state index is 0.0368. The van der Waals surface area contributed by atoms with Crippen molar-refractivity contribution in [2.45, 2.75) is 52.6 Å². The third-order valence-corrected chi connectivity index (χ3v) is 4.77. The third-order valence-electron chi connectivity index (χ3n) is 4.77. The predicted octanol–water partition coefficient (Wildman–Crippen LogP) is -0.328. The molecule has 0 fully saturated rings. The van der Waals surface area contributed by atoms with Gasteiger partial charge in [-0.1, -0.05) is 44.2 Å². The Balaban J connectivity index is 2.81. The van der Waals surface area contributed by atoms with Crippen LogP contribution in [0, 0.1) is 5.92 Å². The minimum Gasteiger partial charge on any atom is -0.364 e. The van der Waals surface area contributed by atoms with E-state index in [1.807, 2.05) is 44.2 Å². The number of hydrogen-bond donors (Lipinski definition) is 4. The fourth-order valence-corrected chi connectivity index (χ4v) is 3.13. The lowest BCUT2D eigenvalue weighted by Gasteiger charge is -2.24. The van der Waals surface area contributed by atoms with Gasteiger partial charge < -0.3 is 26.0 Å². The van der Waals surface area contributed by atoms with Gasteiger partial charge in [-0.3, -0.25) is 28.8 Å². The normalized spacial score (nSPS) is 12.2. The molecule has 0 saturated heterocycles. The third kappa shape index (κ3) is 13.3. The van der Waals surface area contributed by atoms with E-state index in [-0.39, 0.29) is 43.7 Å². The van der Waals surface area contributed by atoms with E-state index >= 15 is 0 Å². The molecule has 11 nitrogen and oxygen atoms in total. The van der Waals surface area contributed by atoms with Crippen molar-refractivity contribution in [1.82, 2.24) is 21.3 Å². The van der Waals surface area contributed by atoms with Gasteiger partial charge in [0.1, 0.15) is 31.1 Å². The fourth-order valence-electron chi connectivity index (χ4n) is 3.13. The maximum Gasteiger partial charge on any atom is 0.246 e. The van der Waals surface area contributed by atoms with E-state index < -0.39 is 42.3 Å². The number of nitrogens with one attached hydrogen (secondary N) is 4. The van der Waals surface area contributed by atoms with Crippen molar-refractivity contribution in [3.8, 4) is 0 Å². The maximum absolute atomic E-state index is 13.1. The maximum atomic E-state index is 13.1. The van der Waals surface area contributed by atoms with Crippen molar-refractivity contribution in [1.29, 1.82) is 0 Å². The van der Waals surface area contributed by atoms with E-state index in [4.69, 9.17) is 4.74 Å². The van der Waals surface area contributed by atoms with Crippen LogP contribution in [0.3, 0.4) is 0 Å². The number of carbonyl (C=O) groups is 6. The van der Waals surface area contributed by atoms with Crippen molar-refractivity contribution < 1.29 is 33.5 Å². The van der Waals surface area contributed by atoms with Crippen LogP contribution < -0.4 is 21.3 Å². The number of Topliss-reactive ketones (excluding diaryl/α,β-unsaturated/α-hetero) is 2. The van der Waals surface area contributed by atoms with Crippen LogP contribution in [0.4, 0.5) is 0 Å². The van der Waals surface area contributed by atoms with Gasteiger partial charge in [-0.25, -0.2) is 0 Å². The molecule has 0 aliphatic heterocycles. The first-order chi connectivity index (χ1) is 17.0. The minimum atomic E-state index is -0.969. The molecule has 0 saturated carbocycles. The number of carbonyl (C=O) groups excluding carboxylic acids is 6. The topological polar surface area (TPSA) is 160 Å². The quantitative estimate of drug-likeness (QED) is 0.240. The van der Waals surface area contributed by atoms with Crippen LogP contribution in [0.15, 0.2) is 30.3 Å². The summed E-state index contributed by atoms with van der Waals surface area (Å²) < 4.78 is 4.89. The number of ether oxygens (including phenoxy) is 1. The van der Waals surface area contributed by atoms with Crippen LogP contribution in [0.1, 0.15) is 39.7 Å². The zero-order valence-corrected chi connectivity index (χ0v) is 21.2. The molecule has 0 bridgehead atoms. The Hall–Kier alpha value is -3.60. The largest absolute Gasteiger partial charge is 0.364 e. The monoisotopic (exact) mass is 504 g/mol. The van der Waals surface area contributed by atoms with Crippen molar-refractivity contribution in [2.24, 2.45) is 5.92 Å². The summed E-state index contributed by atoms with van der Waals surface area (Å²) in [6.45, 7) is 5.28. The average molecular weight is 505 g/mol. The molecule has 0 aliphatic rings. The number of hydrogen-bond acceptors (Lipinski definition) is 7. The van der Waals surface area contributed by atoms with Crippen molar-refractivity contribution in [3.63, 3.8) is 0 Å². The van der Waals surface area contributed by atoms with Crippen LogP contribution in [0.5, 0.6) is 0 Å². The molecule has 198 valence electrons. The van der Waals surface area contributed by atoms with Crippen LogP contribution in [0.25, 0.3) is 0 Å². The second-order valence-electron chi connectivity index (χ2n) is 8.89. The van der Waals surface area contributed by atoms with Gasteiger partial charge in [0.2, 0.25) is 23.6 Å². The van der Waals surface area contributed by atoms with E-state index in [1.165, 1.54) is 13.8 Å². The molecule has 0 aromatic heterocycles. The molecule has 2 atom stereocenters. The Morgan fingerprint density at radius 2 is 1.42 bits per heavy atom. The van der Waals surface area contributed by atoms with Gasteiger partial charge in [0.05, 0.1) is 13.1 Å². The summed E-state index contributed by atoms with van der Waals surface area (Å²) in [5, 5.41) is 10.1. The van der Waals surface area contributed by atoms with Gasteiger partial charge in [0, 0.05) is 6.42 Å². The van der Waals surface area contributed by atoms with Gasteiger partial charge >= 0.3 is 0 Å². The highest BCUT2D eigenvalue weighted by molar-refractivity contribution is 5.94. The first-order valence-electron chi connectivity index (χ1n) is 11.7. The van der Waals surface area contributed by atoms with Crippen molar-refractivity contribution in [2.75, 3.05) is 26.3 Å². The number of rotatable bonds is 16. The average Bonchev–Trinajstić information content (AvgIpc) is 2.80. The molecule has 0 radical (unpaired) electrons. The van der Waals surface area contributed by atoms with E-state index in [2.05, 4.69) is 21.3 Å². The predicted molar refractivity (Wildman–Crippen MR) is 132 cm³/mol. The lowest BCUT2D eigenvalue weighted by molar-refractivity contribution is -0.133. The Kier molecular flexibility index (Phi) is 13.6. The van der Waals surface area contributed by atoms with E-state index in [0.29, 0.717) is 6.42 Å². The second-order valence-corrected chi connectivity index (χ2v) is 8.89. The molecule has 1 aromatic rings. The zero-order valence-electron chi connectivity index (χ0n) is 21.2. The molecule has 0 heterocycles. The summed E-state index contributed by atoms with van der Waals surface area (Å²) in [6, 6.07) is 7.15. The Labute approximate surface area is 211 Å². The Bertz CT molecular complexity index is 918. The SMILES string of the molecule is CC(=O)CNC(=O)C(Cc1ccccc1)NC(=O)C(CC(C)C)NC(=O)CNC(=O)COCC(C)=O. The van der Waals surface area contributed by atoms with Gasteiger partial charge in [-0.05, 0) is 31.7 Å². The molecular formula is C25H36N4O7. The lowest BCUT2D eigenvalue weighted by Crippen LogP contribution is -2.56. The highest BCUT2D eigenvalue weighted by Gasteiger charge is 2.27. The van der Waals surface area contributed by atoms with Crippen LogP contribution >= 0.6 is 0 Å². The molecule has 0 aliphatic carbocycles. The van der Waals surface area contributed by atoms with E-state index in [1.54, 1.807) is 0 Å². The highest BCUT2D eigenvalue weighted by atomic mass is 16.5. The molecule has 1 aromatic carbocycles. The smallest absolute Gasteiger partial charge is 0.246 e. The summed E-state index contributed by atoms with van der Waals surface area (Å²) in [5.41, 5.74) is 0.805. The first kappa shape index (κ1) is 30.4. The molecule has 1 rings (SSSR count). The molecular weight excluding hydrogens is 468 g/mol. The molecule has 36 heavy (non-hydrogen) atoms. The molecule has 0 spiro atoms. The van der Waals surface area contributed by atoms with Crippen LogP contribution in [0.2, 0.25) is 0 Å². The standard InChI is InChI=1S/C25H36N4O7/c1-16(2)10-20(28-22(32)13-26-23(33)15-36-14-18(4)31)25(35)29-21(24(34)27-12-17(3)30)11-19-8-6-5-7-9-19/h5-9,16,20-21H,10-15H2,1-4H3,(H,26,33)(H,27,34)(H,28,32)(H,29,35).